The third-order valence-corrected chi connectivity index (χ3v) is 6.89. The molecule has 2 atom stereocenters. The van der Waals surface area contributed by atoms with E-state index in [0.717, 1.165) is 6.08 Å². The zero-order valence-electron chi connectivity index (χ0n) is 15.7. The van der Waals surface area contributed by atoms with E-state index in [1.807, 2.05) is 13.8 Å². The van der Waals surface area contributed by atoms with Crippen molar-refractivity contribution >= 4 is 43.7 Å². The smallest absolute Gasteiger partial charge is 0.331 e. The average molecular weight is 476 g/mol. The highest BCUT2D eigenvalue weighted by molar-refractivity contribution is 9.10. The molecule has 0 saturated carbocycles. The molecule has 1 saturated heterocycles. The van der Waals surface area contributed by atoms with Crippen LogP contribution >= 0.6 is 15.9 Å². The van der Waals surface area contributed by atoms with Gasteiger partial charge in [-0.1, -0.05) is 22.9 Å². The Balaban J connectivity index is 1.98. The van der Waals surface area contributed by atoms with Crippen LogP contribution in [0.15, 0.2) is 28.7 Å². The Labute approximate surface area is 172 Å². The standard InChI is InChI=1S/C19H23BrFNO5S/c1-3-13(2)22(16-8-9-28(25,26)12-16)18(23)11-27-19(24)7-4-14-10-15(20)5-6-17(14)21/h4-7,10,13,16H,3,8-9,11-12H2,1-2H3/b7-4+. The molecule has 1 aliphatic rings. The second kappa shape index (κ2) is 9.65. The molecule has 1 aromatic carbocycles. The monoisotopic (exact) mass is 475 g/mol. The van der Waals surface area contributed by atoms with Crippen LogP contribution in [0, 0.1) is 5.82 Å². The Morgan fingerprint density at radius 3 is 2.75 bits per heavy atom. The number of nitrogens with zero attached hydrogens (tertiary/aromatic N) is 1. The lowest BCUT2D eigenvalue weighted by Gasteiger charge is -2.33. The summed E-state index contributed by atoms with van der Waals surface area (Å²) in [7, 11) is -3.15. The molecule has 1 aromatic rings. The van der Waals surface area contributed by atoms with Gasteiger partial charge in [0.1, 0.15) is 5.82 Å². The van der Waals surface area contributed by atoms with Crippen LogP contribution in [0.25, 0.3) is 6.08 Å². The molecule has 154 valence electrons. The summed E-state index contributed by atoms with van der Waals surface area (Å²) in [4.78, 5) is 26.0. The van der Waals surface area contributed by atoms with Crippen molar-refractivity contribution in [2.45, 2.75) is 38.8 Å². The topological polar surface area (TPSA) is 80.8 Å². The first-order chi connectivity index (χ1) is 13.1. The zero-order chi connectivity index (χ0) is 20.9. The first-order valence-corrected chi connectivity index (χ1v) is 11.6. The van der Waals surface area contributed by atoms with Gasteiger partial charge in [-0.15, -0.1) is 0 Å². The quantitative estimate of drug-likeness (QED) is 0.447. The van der Waals surface area contributed by atoms with Crippen LogP contribution in [0.4, 0.5) is 4.39 Å². The molecule has 2 rings (SSSR count). The average Bonchev–Trinajstić information content (AvgIpc) is 2.99. The molecule has 0 N–H and O–H groups in total. The third-order valence-electron chi connectivity index (χ3n) is 4.65. The van der Waals surface area contributed by atoms with Crippen LogP contribution in [0.3, 0.4) is 0 Å². The molecule has 28 heavy (non-hydrogen) atoms. The zero-order valence-corrected chi connectivity index (χ0v) is 18.1. The van der Waals surface area contributed by atoms with Gasteiger partial charge >= 0.3 is 5.97 Å². The maximum Gasteiger partial charge on any atom is 0.331 e. The Kier molecular flexibility index (Phi) is 7.77. The number of sulfone groups is 1. The van der Waals surface area contributed by atoms with Crippen molar-refractivity contribution in [1.29, 1.82) is 0 Å². The van der Waals surface area contributed by atoms with Gasteiger partial charge in [-0.3, -0.25) is 4.79 Å². The fourth-order valence-corrected chi connectivity index (χ4v) is 5.15. The van der Waals surface area contributed by atoms with Crippen molar-refractivity contribution in [3.05, 3.63) is 40.1 Å². The van der Waals surface area contributed by atoms with Gasteiger partial charge in [0, 0.05) is 28.2 Å². The predicted molar refractivity (Wildman–Crippen MR) is 108 cm³/mol. The minimum Gasteiger partial charge on any atom is -0.452 e. The molecule has 0 spiro atoms. The van der Waals surface area contributed by atoms with Gasteiger partial charge in [-0.05, 0) is 44.0 Å². The van der Waals surface area contributed by atoms with E-state index < -0.39 is 40.2 Å². The number of carbonyl (C=O) groups is 2. The van der Waals surface area contributed by atoms with E-state index in [0.29, 0.717) is 17.3 Å². The second-order valence-electron chi connectivity index (χ2n) is 6.72. The van der Waals surface area contributed by atoms with Crippen molar-refractivity contribution in [2.75, 3.05) is 18.1 Å². The first-order valence-electron chi connectivity index (χ1n) is 8.94. The number of hydrogen-bond donors (Lipinski definition) is 0. The number of benzene rings is 1. The van der Waals surface area contributed by atoms with Crippen LogP contribution in [0.1, 0.15) is 32.3 Å². The lowest BCUT2D eigenvalue weighted by Crippen LogP contribution is -2.48. The molecular formula is C19H23BrFNO5S. The highest BCUT2D eigenvalue weighted by atomic mass is 79.9. The van der Waals surface area contributed by atoms with Crippen molar-refractivity contribution < 1.29 is 27.1 Å². The maximum atomic E-state index is 13.7. The number of rotatable bonds is 7. The highest BCUT2D eigenvalue weighted by Crippen LogP contribution is 2.21. The van der Waals surface area contributed by atoms with Gasteiger partial charge in [0.2, 0.25) is 0 Å². The van der Waals surface area contributed by atoms with Crippen LogP contribution in [-0.2, 0) is 24.2 Å². The fourth-order valence-electron chi connectivity index (χ4n) is 3.06. The molecule has 0 radical (unpaired) electrons. The van der Waals surface area contributed by atoms with Crippen molar-refractivity contribution in [2.24, 2.45) is 0 Å². The van der Waals surface area contributed by atoms with Gasteiger partial charge in [0.25, 0.3) is 5.91 Å². The molecule has 1 aliphatic heterocycles. The lowest BCUT2D eigenvalue weighted by molar-refractivity contribution is -0.150. The summed E-state index contributed by atoms with van der Waals surface area (Å²) < 4.78 is 42.8. The Morgan fingerprint density at radius 1 is 1.43 bits per heavy atom. The highest BCUT2D eigenvalue weighted by Gasteiger charge is 2.36. The first kappa shape index (κ1) is 22.5. The van der Waals surface area contributed by atoms with Gasteiger partial charge in [-0.25, -0.2) is 17.6 Å². The second-order valence-corrected chi connectivity index (χ2v) is 9.87. The fraction of sp³-hybridized carbons (Fsp3) is 0.474. The minimum absolute atomic E-state index is 0.0542. The number of esters is 1. The van der Waals surface area contributed by atoms with Crippen molar-refractivity contribution in [3.8, 4) is 0 Å². The van der Waals surface area contributed by atoms with Crippen LogP contribution < -0.4 is 0 Å². The number of carbonyl (C=O) groups excluding carboxylic acids is 2. The summed E-state index contributed by atoms with van der Waals surface area (Å²) in [6.45, 7) is 3.24. The number of hydrogen-bond acceptors (Lipinski definition) is 5. The molecule has 9 heteroatoms. The Morgan fingerprint density at radius 2 is 2.14 bits per heavy atom. The number of ether oxygens (including phenoxy) is 1. The largest absolute Gasteiger partial charge is 0.452 e. The molecule has 1 fully saturated rings. The van der Waals surface area contributed by atoms with Crippen molar-refractivity contribution in [1.82, 2.24) is 4.90 Å². The molecular weight excluding hydrogens is 453 g/mol. The Hall–Kier alpha value is -1.74. The molecule has 0 bridgehead atoms. The van der Waals surface area contributed by atoms with Gasteiger partial charge < -0.3 is 9.64 Å². The van der Waals surface area contributed by atoms with Crippen LogP contribution in [0.2, 0.25) is 0 Å². The van der Waals surface area contributed by atoms with Crippen LogP contribution in [0.5, 0.6) is 0 Å². The minimum atomic E-state index is -3.15. The van der Waals surface area contributed by atoms with E-state index in [-0.39, 0.29) is 23.1 Å². The SMILES string of the molecule is CCC(C)N(C(=O)COC(=O)/C=C/c1cc(Br)ccc1F)C1CCS(=O)(=O)C1. The van der Waals surface area contributed by atoms with E-state index in [9.17, 15) is 22.4 Å². The summed E-state index contributed by atoms with van der Waals surface area (Å²) in [5.74, 6) is -1.73. The van der Waals surface area contributed by atoms with E-state index in [1.165, 1.54) is 29.2 Å². The normalized spacial score (nSPS) is 19.5. The van der Waals surface area contributed by atoms with E-state index in [1.54, 1.807) is 0 Å². The molecule has 0 aromatic heterocycles. The molecule has 2 unspecified atom stereocenters. The predicted octanol–water partition coefficient (Wildman–Crippen LogP) is 2.96. The van der Waals surface area contributed by atoms with Gasteiger partial charge in [0.05, 0.1) is 11.5 Å². The summed E-state index contributed by atoms with van der Waals surface area (Å²) >= 11 is 3.22. The summed E-state index contributed by atoms with van der Waals surface area (Å²) in [6.07, 6.45) is 3.35. The number of amides is 1. The summed E-state index contributed by atoms with van der Waals surface area (Å²) in [6, 6.07) is 3.73. The van der Waals surface area contributed by atoms with E-state index in [2.05, 4.69) is 15.9 Å². The molecule has 1 amide bonds. The molecule has 0 aliphatic carbocycles. The van der Waals surface area contributed by atoms with Gasteiger partial charge in [-0.2, -0.15) is 0 Å². The van der Waals surface area contributed by atoms with E-state index in [4.69, 9.17) is 4.74 Å². The summed E-state index contributed by atoms with van der Waals surface area (Å²) in [5, 5.41) is 0. The molecule has 1 heterocycles. The van der Waals surface area contributed by atoms with Crippen LogP contribution in [-0.4, -0.2) is 55.4 Å². The maximum absolute atomic E-state index is 13.7. The summed E-state index contributed by atoms with van der Waals surface area (Å²) in [5.41, 5.74) is 0.204. The third kappa shape index (κ3) is 6.13. The lowest BCUT2D eigenvalue weighted by atomic mass is 10.1. The number of halogens is 2. The van der Waals surface area contributed by atoms with Gasteiger partial charge in [0.15, 0.2) is 16.4 Å². The van der Waals surface area contributed by atoms with E-state index >= 15 is 0 Å². The molecule has 6 nitrogen and oxygen atoms in total. The Bertz CT molecular complexity index is 871. The van der Waals surface area contributed by atoms with Crippen molar-refractivity contribution in [3.63, 3.8) is 0 Å².